The van der Waals surface area contributed by atoms with E-state index in [2.05, 4.69) is 5.32 Å². The Kier molecular flexibility index (Phi) is 7.46. The average Bonchev–Trinajstić information content (AvgIpc) is 2.80. The summed E-state index contributed by atoms with van der Waals surface area (Å²) in [5, 5.41) is 2.86. The standard InChI is InChI=1S/C26H27N3O4/c1-17-8-6-12-22(18(17)2)28-24(30)15-29(3)26(32)20-10-7-9-19(14-20)16-33-23-13-5-4-11-21(23)25(27)31/h4-14H,15-16H2,1-3H3,(H2,27,31)(H,28,30). The molecule has 7 nitrogen and oxygen atoms in total. The molecule has 3 amide bonds. The molecule has 0 aliphatic heterocycles. The number of rotatable bonds is 8. The van der Waals surface area contributed by atoms with Crippen LogP contribution in [0, 0.1) is 13.8 Å². The number of aryl methyl sites for hydroxylation is 1. The zero-order valence-electron chi connectivity index (χ0n) is 18.9. The molecule has 0 aliphatic rings. The van der Waals surface area contributed by atoms with Crippen LogP contribution < -0.4 is 15.8 Å². The van der Waals surface area contributed by atoms with Gasteiger partial charge in [0, 0.05) is 18.3 Å². The van der Waals surface area contributed by atoms with Crippen molar-refractivity contribution in [3.8, 4) is 5.75 Å². The number of hydrogen-bond acceptors (Lipinski definition) is 4. The highest BCUT2D eigenvalue weighted by molar-refractivity contribution is 5.99. The number of carbonyl (C=O) groups excluding carboxylic acids is 3. The minimum Gasteiger partial charge on any atom is -0.488 e. The molecule has 7 heteroatoms. The summed E-state index contributed by atoms with van der Waals surface area (Å²) in [6.07, 6.45) is 0. The fraction of sp³-hybridized carbons (Fsp3) is 0.192. The molecule has 0 atom stereocenters. The SMILES string of the molecule is Cc1cccc(NC(=O)CN(C)C(=O)c2cccc(COc3ccccc3C(N)=O)c2)c1C. The molecule has 3 rings (SSSR count). The van der Waals surface area contributed by atoms with Crippen molar-refractivity contribution in [2.24, 2.45) is 5.73 Å². The van der Waals surface area contributed by atoms with Crippen molar-refractivity contribution in [2.75, 3.05) is 18.9 Å². The first-order valence-electron chi connectivity index (χ1n) is 10.5. The minimum absolute atomic E-state index is 0.0844. The Morgan fingerprint density at radius 2 is 1.70 bits per heavy atom. The topological polar surface area (TPSA) is 102 Å². The normalized spacial score (nSPS) is 10.4. The quantitative estimate of drug-likeness (QED) is 0.552. The smallest absolute Gasteiger partial charge is 0.254 e. The van der Waals surface area contributed by atoms with Gasteiger partial charge in [-0.1, -0.05) is 36.4 Å². The molecule has 3 N–H and O–H groups in total. The van der Waals surface area contributed by atoms with E-state index in [0.29, 0.717) is 16.9 Å². The van der Waals surface area contributed by atoms with E-state index in [1.165, 1.54) is 4.90 Å². The maximum absolute atomic E-state index is 12.9. The Labute approximate surface area is 193 Å². The molecule has 33 heavy (non-hydrogen) atoms. The van der Waals surface area contributed by atoms with Crippen LogP contribution in [-0.4, -0.2) is 36.2 Å². The van der Waals surface area contributed by atoms with Gasteiger partial charge in [-0.15, -0.1) is 0 Å². The lowest BCUT2D eigenvalue weighted by atomic mass is 10.1. The molecule has 3 aromatic rings. The van der Waals surface area contributed by atoms with Gasteiger partial charge in [0.05, 0.1) is 12.1 Å². The molecule has 0 fully saturated rings. The monoisotopic (exact) mass is 445 g/mol. The summed E-state index contributed by atoms with van der Waals surface area (Å²) in [7, 11) is 1.58. The molecule has 0 unspecified atom stereocenters. The first kappa shape index (κ1) is 23.5. The molecule has 0 saturated heterocycles. The molecule has 0 bridgehead atoms. The van der Waals surface area contributed by atoms with Gasteiger partial charge in [-0.3, -0.25) is 14.4 Å². The predicted molar refractivity (Wildman–Crippen MR) is 127 cm³/mol. The zero-order chi connectivity index (χ0) is 24.0. The fourth-order valence-electron chi connectivity index (χ4n) is 3.34. The van der Waals surface area contributed by atoms with Gasteiger partial charge >= 0.3 is 0 Å². The van der Waals surface area contributed by atoms with Gasteiger partial charge < -0.3 is 20.7 Å². The Morgan fingerprint density at radius 1 is 0.970 bits per heavy atom. The summed E-state index contributed by atoms with van der Waals surface area (Å²) >= 11 is 0. The van der Waals surface area contributed by atoms with E-state index in [1.807, 2.05) is 38.1 Å². The second kappa shape index (κ2) is 10.5. The van der Waals surface area contributed by atoms with Crippen LogP contribution in [0.2, 0.25) is 0 Å². The molecule has 170 valence electrons. The number of nitrogens with zero attached hydrogens (tertiary/aromatic N) is 1. The number of ether oxygens (including phenoxy) is 1. The van der Waals surface area contributed by atoms with Gasteiger partial charge in [0.1, 0.15) is 12.4 Å². The van der Waals surface area contributed by atoms with Gasteiger partial charge in [0.15, 0.2) is 0 Å². The number of likely N-dealkylation sites (N-methyl/N-ethyl adjacent to an activating group) is 1. The number of primary amides is 1. The maximum atomic E-state index is 12.9. The summed E-state index contributed by atoms with van der Waals surface area (Å²) in [6, 6.07) is 19.4. The minimum atomic E-state index is -0.574. The van der Waals surface area contributed by atoms with Crippen LogP contribution >= 0.6 is 0 Å². The van der Waals surface area contributed by atoms with Gasteiger partial charge in [0.25, 0.3) is 11.8 Å². The molecule has 0 saturated carbocycles. The molecule has 0 spiro atoms. The number of nitrogens with one attached hydrogen (secondary N) is 1. The highest BCUT2D eigenvalue weighted by atomic mass is 16.5. The first-order chi connectivity index (χ1) is 15.8. The van der Waals surface area contributed by atoms with Gasteiger partial charge in [-0.2, -0.15) is 0 Å². The third kappa shape index (κ3) is 5.98. The lowest BCUT2D eigenvalue weighted by molar-refractivity contribution is -0.116. The van der Waals surface area contributed by atoms with E-state index >= 15 is 0 Å². The Hall–Kier alpha value is -4.13. The van der Waals surface area contributed by atoms with Crippen molar-refractivity contribution in [3.05, 3.63) is 94.5 Å². The molecular formula is C26H27N3O4. The van der Waals surface area contributed by atoms with Gasteiger partial charge in [-0.25, -0.2) is 0 Å². The van der Waals surface area contributed by atoms with E-state index < -0.39 is 5.91 Å². The second-order valence-electron chi connectivity index (χ2n) is 7.81. The van der Waals surface area contributed by atoms with Crippen molar-refractivity contribution >= 4 is 23.4 Å². The van der Waals surface area contributed by atoms with Crippen LogP contribution in [0.5, 0.6) is 5.75 Å². The Morgan fingerprint density at radius 3 is 2.45 bits per heavy atom. The summed E-state index contributed by atoms with van der Waals surface area (Å²) in [5.41, 5.74) is 9.65. The van der Waals surface area contributed by atoms with E-state index in [9.17, 15) is 14.4 Å². The Bertz CT molecular complexity index is 1190. The number of nitrogens with two attached hydrogens (primary N) is 1. The number of carbonyl (C=O) groups is 3. The fourth-order valence-corrected chi connectivity index (χ4v) is 3.34. The third-order valence-electron chi connectivity index (χ3n) is 5.33. The molecule has 3 aromatic carbocycles. The number of para-hydroxylation sites is 1. The molecule has 0 radical (unpaired) electrons. The molecule has 0 aliphatic carbocycles. The molecule has 0 heterocycles. The summed E-state index contributed by atoms with van der Waals surface area (Å²) in [4.78, 5) is 38.3. The highest BCUT2D eigenvalue weighted by Gasteiger charge is 2.16. The average molecular weight is 446 g/mol. The summed E-state index contributed by atoms with van der Waals surface area (Å²) < 4.78 is 5.74. The summed E-state index contributed by atoms with van der Waals surface area (Å²) in [5.74, 6) is -0.759. The highest BCUT2D eigenvalue weighted by Crippen LogP contribution is 2.20. The third-order valence-corrected chi connectivity index (χ3v) is 5.33. The molecule has 0 aromatic heterocycles. The van der Waals surface area contributed by atoms with Crippen molar-refractivity contribution in [2.45, 2.75) is 20.5 Å². The van der Waals surface area contributed by atoms with Crippen LogP contribution in [0.25, 0.3) is 0 Å². The van der Waals surface area contributed by atoms with Crippen LogP contribution in [-0.2, 0) is 11.4 Å². The largest absolute Gasteiger partial charge is 0.488 e. The van der Waals surface area contributed by atoms with Crippen LogP contribution in [0.15, 0.2) is 66.7 Å². The van der Waals surface area contributed by atoms with Crippen LogP contribution in [0.3, 0.4) is 0 Å². The van der Waals surface area contributed by atoms with Crippen molar-refractivity contribution in [1.29, 1.82) is 0 Å². The van der Waals surface area contributed by atoms with E-state index in [-0.39, 0.29) is 25.0 Å². The predicted octanol–water partition coefficient (Wildman–Crippen LogP) is 3.69. The van der Waals surface area contributed by atoms with E-state index in [0.717, 1.165) is 22.4 Å². The number of benzene rings is 3. The van der Waals surface area contributed by atoms with Crippen molar-refractivity contribution < 1.29 is 19.1 Å². The summed E-state index contributed by atoms with van der Waals surface area (Å²) in [6.45, 7) is 3.99. The molecular weight excluding hydrogens is 418 g/mol. The number of amides is 3. The van der Waals surface area contributed by atoms with Crippen LogP contribution in [0.1, 0.15) is 37.4 Å². The van der Waals surface area contributed by atoms with Gasteiger partial charge in [0.2, 0.25) is 5.91 Å². The zero-order valence-corrected chi connectivity index (χ0v) is 18.9. The second-order valence-corrected chi connectivity index (χ2v) is 7.81. The number of anilines is 1. The van der Waals surface area contributed by atoms with E-state index in [1.54, 1.807) is 49.5 Å². The Balaban J connectivity index is 1.63. The van der Waals surface area contributed by atoms with E-state index in [4.69, 9.17) is 10.5 Å². The maximum Gasteiger partial charge on any atom is 0.254 e. The van der Waals surface area contributed by atoms with Gasteiger partial charge in [-0.05, 0) is 60.9 Å². The lowest BCUT2D eigenvalue weighted by Crippen LogP contribution is -2.35. The number of hydrogen-bond donors (Lipinski definition) is 2. The van der Waals surface area contributed by atoms with Crippen molar-refractivity contribution in [1.82, 2.24) is 4.90 Å². The first-order valence-corrected chi connectivity index (χ1v) is 10.5. The van der Waals surface area contributed by atoms with Crippen molar-refractivity contribution in [3.63, 3.8) is 0 Å². The lowest BCUT2D eigenvalue weighted by Gasteiger charge is -2.18. The van der Waals surface area contributed by atoms with Crippen LogP contribution in [0.4, 0.5) is 5.69 Å².